The molecule has 0 spiro atoms. The Kier molecular flexibility index (Phi) is 3.67. The van der Waals surface area contributed by atoms with Gasteiger partial charge in [-0.2, -0.15) is 0 Å². The summed E-state index contributed by atoms with van der Waals surface area (Å²) in [6.45, 7) is 3.36. The van der Waals surface area contributed by atoms with Gasteiger partial charge in [0.2, 0.25) is 0 Å². The van der Waals surface area contributed by atoms with Crippen LogP contribution in [0.1, 0.15) is 39.5 Å². The van der Waals surface area contributed by atoms with Gasteiger partial charge in [-0.3, -0.25) is 0 Å². The Morgan fingerprint density at radius 3 is 2.22 bits per heavy atom. The summed E-state index contributed by atoms with van der Waals surface area (Å²) < 4.78 is 5.75. The number of carboxylic acids is 1. The lowest BCUT2D eigenvalue weighted by Gasteiger charge is -2.43. The second-order valence-electron chi connectivity index (χ2n) is 5.82. The van der Waals surface area contributed by atoms with Crippen molar-refractivity contribution < 1.29 is 19.7 Å². The molecule has 2 heterocycles. The molecule has 2 bridgehead atoms. The van der Waals surface area contributed by atoms with Gasteiger partial charge in [0, 0.05) is 24.9 Å². The Morgan fingerprint density at radius 1 is 1.33 bits per heavy atom. The van der Waals surface area contributed by atoms with E-state index >= 15 is 0 Å². The maximum absolute atomic E-state index is 11.6. The lowest BCUT2D eigenvalue weighted by atomic mass is 9.86. The van der Waals surface area contributed by atoms with Crippen molar-refractivity contribution >= 4 is 5.97 Å². The fourth-order valence-electron chi connectivity index (χ4n) is 3.20. The van der Waals surface area contributed by atoms with Crippen LogP contribution in [-0.2, 0) is 9.53 Å². The monoisotopic (exact) mass is 257 g/mol. The van der Waals surface area contributed by atoms with Crippen LogP contribution in [0.25, 0.3) is 0 Å². The van der Waals surface area contributed by atoms with Crippen LogP contribution in [0.5, 0.6) is 0 Å². The molecule has 0 amide bonds. The summed E-state index contributed by atoms with van der Waals surface area (Å²) in [4.78, 5) is 13.9. The summed E-state index contributed by atoms with van der Waals surface area (Å²) in [5, 5.41) is 19.1. The molecule has 18 heavy (non-hydrogen) atoms. The molecular weight excluding hydrogens is 234 g/mol. The van der Waals surface area contributed by atoms with Crippen molar-refractivity contribution in [3.63, 3.8) is 0 Å². The second-order valence-corrected chi connectivity index (χ2v) is 5.82. The number of aliphatic carboxylic acids is 1. The van der Waals surface area contributed by atoms with Crippen molar-refractivity contribution in [2.24, 2.45) is 0 Å². The lowest BCUT2D eigenvalue weighted by Crippen LogP contribution is -2.56. The van der Waals surface area contributed by atoms with Gasteiger partial charge in [-0.25, -0.2) is 4.79 Å². The average molecular weight is 257 g/mol. The van der Waals surface area contributed by atoms with Crippen LogP contribution in [0.4, 0.5) is 0 Å². The molecule has 4 atom stereocenters. The number of piperidine rings is 1. The highest BCUT2D eigenvalue weighted by Crippen LogP contribution is 2.42. The number of carboxylic acid groups (broad SMARTS) is 1. The number of carbonyl (C=O) groups is 1. The van der Waals surface area contributed by atoms with Gasteiger partial charge < -0.3 is 19.8 Å². The molecule has 2 N–H and O–H groups in total. The second kappa shape index (κ2) is 4.79. The van der Waals surface area contributed by atoms with Crippen LogP contribution < -0.4 is 0 Å². The minimum Gasteiger partial charge on any atom is -0.479 e. The predicted molar refractivity (Wildman–Crippen MR) is 66.4 cm³/mol. The zero-order valence-corrected chi connectivity index (χ0v) is 11.3. The van der Waals surface area contributed by atoms with E-state index in [4.69, 9.17) is 4.74 Å². The van der Waals surface area contributed by atoms with Crippen molar-refractivity contribution in [2.45, 2.75) is 69.4 Å². The molecule has 2 saturated heterocycles. The Labute approximate surface area is 108 Å². The third-order valence-electron chi connectivity index (χ3n) is 4.60. The normalized spacial score (nSPS) is 39.6. The predicted octanol–water partition coefficient (Wildman–Crippen LogP) is 0.852. The minimum absolute atomic E-state index is 0.293. The molecule has 4 unspecified atom stereocenters. The first kappa shape index (κ1) is 13.8. The van der Waals surface area contributed by atoms with E-state index in [9.17, 15) is 15.0 Å². The molecule has 2 aliphatic rings. The number of fused-ring (bicyclic) bond motifs is 2. The van der Waals surface area contributed by atoms with Crippen molar-refractivity contribution in [3.05, 3.63) is 0 Å². The van der Waals surface area contributed by atoms with Crippen molar-refractivity contribution in [1.29, 1.82) is 0 Å². The maximum atomic E-state index is 11.6. The molecule has 2 aliphatic heterocycles. The molecule has 2 fully saturated rings. The summed E-state index contributed by atoms with van der Waals surface area (Å²) in [6, 6.07) is 0.585. The number of aliphatic hydroxyl groups is 1. The first-order valence-electron chi connectivity index (χ1n) is 6.67. The molecule has 0 saturated carbocycles. The SMILES string of the molecule is CC(O)C(C)OC1(C(=O)O)CC2CCC(C1)N2C. The maximum Gasteiger partial charge on any atom is 0.336 e. The Hall–Kier alpha value is -0.650. The number of ether oxygens (including phenoxy) is 1. The van der Waals surface area contributed by atoms with Gasteiger partial charge in [0.25, 0.3) is 0 Å². The number of nitrogens with zero attached hydrogens (tertiary/aromatic N) is 1. The van der Waals surface area contributed by atoms with Crippen molar-refractivity contribution in [2.75, 3.05) is 7.05 Å². The van der Waals surface area contributed by atoms with Crippen LogP contribution in [0.3, 0.4) is 0 Å². The summed E-state index contributed by atoms with van der Waals surface area (Å²) in [5.41, 5.74) is -1.12. The molecule has 0 aliphatic carbocycles. The van der Waals surface area contributed by atoms with Crippen molar-refractivity contribution in [1.82, 2.24) is 4.90 Å². The van der Waals surface area contributed by atoms with Gasteiger partial charge in [0.05, 0.1) is 12.2 Å². The third kappa shape index (κ3) is 2.27. The van der Waals surface area contributed by atoms with Gasteiger partial charge in [-0.05, 0) is 33.7 Å². The van der Waals surface area contributed by atoms with E-state index in [1.54, 1.807) is 13.8 Å². The third-order valence-corrected chi connectivity index (χ3v) is 4.60. The van der Waals surface area contributed by atoms with Crippen LogP contribution in [0, 0.1) is 0 Å². The van der Waals surface area contributed by atoms with Crippen LogP contribution in [-0.4, -0.2) is 58.0 Å². The number of hydrogen-bond acceptors (Lipinski definition) is 4. The summed E-state index contributed by atoms with van der Waals surface area (Å²) in [5.74, 6) is -0.889. The summed E-state index contributed by atoms with van der Waals surface area (Å²) >= 11 is 0. The topological polar surface area (TPSA) is 70.0 Å². The van der Waals surface area contributed by atoms with Gasteiger partial charge in [0.1, 0.15) is 0 Å². The van der Waals surface area contributed by atoms with Gasteiger partial charge in [-0.15, -0.1) is 0 Å². The standard InChI is InChI=1S/C13H23NO4/c1-8(15)9(2)18-13(12(16)17)6-10-4-5-11(7-13)14(10)3/h8-11,15H,4-7H2,1-3H3,(H,16,17). The minimum atomic E-state index is -1.12. The van der Waals surface area contributed by atoms with E-state index in [1.807, 2.05) is 0 Å². The van der Waals surface area contributed by atoms with E-state index in [1.165, 1.54) is 0 Å². The van der Waals surface area contributed by atoms with Crippen molar-refractivity contribution in [3.8, 4) is 0 Å². The van der Waals surface area contributed by atoms with Crippen LogP contribution in [0.15, 0.2) is 0 Å². The molecule has 0 aromatic heterocycles. The largest absolute Gasteiger partial charge is 0.479 e. The molecule has 0 aromatic carbocycles. The summed E-state index contributed by atoms with van der Waals surface area (Å²) in [7, 11) is 2.06. The van der Waals surface area contributed by atoms with Gasteiger partial charge in [-0.1, -0.05) is 0 Å². The highest BCUT2D eigenvalue weighted by Gasteiger charge is 2.53. The van der Waals surface area contributed by atoms with E-state index in [2.05, 4.69) is 11.9 Å². The van der Waals surface area contributed by atoms with E-state index in [0.29, 0.717) is 24.9 Å². The zero-order chi connectivity index (χ0) is 13.5. The fourth-order valence-corrected chi connectivity index (χ4v) is 3.20. The highest BCUT2D eigenvalue weighted by molar-refractivity contribution is 5.78. The molecule has 5 nitrogen and oxygen atoms in total. The molecule has 104 valence electrons. The van der Waals surface area contributed by atoms with Crippen LogP contribution >= 0.6 is 0 Å². The summed E-state index contributed by atoms with van der Waals surface area (Å²) in [6.07, 6.45) is 2.02. The first-order chi connectivity index (χ1) is 8.35. The van der Waals surface area contributed by atoms with Crippen LogP contribution in [0.2, 0.25) is 0 Å². The first-order valence-corrected chi connectivity index (χ1v) is 6.67. The lowest BCUT2D eigenvalue weighted by molar-refractivity contribution is -0.193. The Balaban J connectivity index is 2.17. The average Bonchev–Trinajstić information content (AvgIpc) is 2.52. The number of rotatable bonds is 4. The molecular formula is C13H23NO4. The highest BCUT2D eigenvalue weighted by atomic mass is 16.5. The Bertz CT molecular complexity index is 317. The number of hydrogen-bond donors (Lipinski definition) is 2. The van der Waals surface area contributed by atoms with E-state index < -0.39 is 23.8 Å². The molecule has 0 radical (unpaired) electrons. The molecule has 0 aromatic rings. The quantitative estimate of drug-likeness (QED) is 0.781. The molecule has 5 heteroatoms. The smallest absolute Gasteiger partial charge is 0.336 e. The van der Waals surface area contributed by atoms with Gasteiger partial charge >= 0.3 is 5.97 Å². The molecule has 2 rings (SSSR count). The van der Waals surface area contributed by atoms with E-state index in [0.717, 1.165) is 12.8 Å². The van der Waals surface area contributed by atoms with Gasteiger partial charge in [0.15, 0.2) is 5.60 Å². The van der Waals surface area contributed by atoms with E-state index in [-0.39, 0.29) is 0 Å². The number of aliphatic hydroxyl groups excluding tert-OH is 1. The fraction of sp³-hybridized carbons (Fsp3) is 0.923. The zero-order valence-electron chi connectivity index (χ0n) is 11.3. The Morgan fingerprint density at radius 2 is 1.83 bits per heavy atom.